The number of carbonyl (C=O) groups excluding carboxylic acids is 1. The second-order valence-electron chi connectivity index (χ2n) is 4.97. The molecule has 0 radical (unpaired) electrons. The topological polar surface area (TPSA) is 68.5 Å². The van der Waals surface area contributed by atoms with Crippen molar-refractivity contribution < 1.29 is 9.53 Å². The molecule has 5 nitrogen and oxygen atoms in total. The zero-order valence-electron chi connectivity index (χ0n) is 13.0. The fraction of sp³-hybridized carbons (Fsp3) is 0.250. The van der Waals surface area contributed by atoms with E-state index in [0.717, 1.165) is 15.8 Å². The first-order chi connectivity index (χ1) is 10.5. The van der Waals surface area contributed by atoms with Crippen LogP contribution in [0.3, 0.4) is 0 Å². The molecule has 0 fully saturated rings. The van der Waals surface area contributed by atoms with Crippen LogP contribution >= 0.6 is 28.3 Å². The number of rotatable bonds is 5. The first kappa shape index (κ1) is 19.3. The number of methoxy groups -OCH3 is 1. The van der Waals surface area contributed by atoms with E-state index in [9.17, 15) is 4.79 Å². The third kappa shape index (κ3) is 5.41. The largest absolute Gasteiger partial charge is 0.496 e. The molecule has 0 unspecified atom stereocenters. The lowest BCUT2D eigenvalue weighted by atomic mass is 10.1. The number of hydrogen-bond donors (Lipinski definition) is 1. The van der Waals surface area contributed by atoms with Crippen LogP contribution in [0, 0.1) is 0 Å². The number of halogens is 2. The van der Waals surface area contributed by atoms with Crippen molar-refractivity contribution in [1.29, 1.82) is 0 Å². The standard InChI is InChI=1S/C16H18BrN3O2.ClH/c1-20(10-11-7-12(17)3-6-15(11)22-2)16(21)8-14-5-4-13(18)9-19-14;/h3-7,9H,8,10,18H2,1-2H3;1H. The highest BCUT2D eigenvalue weighted by molar-refractivity contribution is 9.10. The molecule has 0 atom stereocenters. The minimum atomic E-state index is -0.0145. The zero-order valence-corrected chi connectivity index (χ0v) is 15.4. The number of nitrogens with zero attached hydrogens (tertiary/aromatic N) is 2. The number of aromatic nitrogens is 1. The lowest BCUT2D eigenvalue weighted by Gasteiger charge is -2.19. The summed E-state index contributed by atoms with van der Waals surface area (Å²) in [5, 5.41) is 0. The van der Waals surface area contributed by atoms with Crippen LogP contribution in [0.2, 0.25) is 0 Å². The first-order valence-corrected chi connectivity index (χ1v) is 7.55. The summed E-state index contributed by atoms with van der Waals surface area (Å²) < 4.78 is 6.28. The highest BCUT2D eigenvalue weighted by atomic mass is 79.9. The van der Waals surface area contributed by atoms with Crippen LogP contribution in [0.5, 0.6) is 5.75 Å². The van der Waals surface area contributed by atoms with Gasteiger partial charge in [0.05, 0.1) is 25.4 Å². The molecule has 0 saturated heterocycles. The monoisotopic (exact) mass is 399 g/mol. The second kappa shape index (κ2) is 8.74. The van der Waals surface area contributed by atoms with Gasteiger partial charge in [0, 0.05) is 29.3 Å². The highest BCUT2D eigenvalue weighted by Crippen LogP contribution is 2.24. The maximum atomic E-state index is 12.3. The molecule has 1 aromatic carbocycles. The molecule has 7 heteroatoms. The van der Waals surface area contributed by atoms with Crippen LogP contribution in [-0.2, 0) is 17.8 Å². The number of hydrogen-bond acceptors (Lipinski definition) is 4. The molecular weight excluding hydrogens is 382 g/mol. The van der Waals surface area contributed by atoms with Crippen LogP contribution in [0.25, 0.3) is 0 Å². The van der Waals surface area contributed by atoms with Crippen molar-refractivity contribution in [3.05, 3.63) is 52.3 Å². The summed E-state index contributed by atoms with van der Waals surface area (Å²) >= 11 is 3.43. The summed E-state index contributed by atoms with van der Waals surface area (Å²) in [6.45, 7) is 0.469. The number of benzene rings is 1. The minimum absolute atomic E-state index is 0. The number of amides is 1. The number of nitrogen functional groups attached to an aromatic ring is 1. The number of carbonyl (C=O) groups is 1. The molecule has 0 spiro atoms. The molecule has 0 aliphatic carbocycles. The van der Waals surface area contributed by atoms with Crippen LogP contribution in [0.4, 0.5) is 5.69 Å². The van der Waals surface area contributed by atoms with E-state index in [2.05, 4.69) is 20.9 Å². The average Bonchev–Trinajstić information content (AvgIpc) is 2.49. The molecule has 23 heavy (non-hydrogen) atoms. The number of likely N-dealkylation sites (N-methyl/N-ethyl adjacent to an activating group) is 1. The maximum absolute atomic E-state index is 12.3. The van der Waals surface area contributed by atoms with Crippen LogP contribution < -0.4 is 10.5 Å². The summed E-state index contributed by atoms with van der Waals surface area (Å²) in [6.07, 6.45) is 1.80. The Morgan fingerprint density at radius 1 is 1.35 bits per heavy atom. The van der Waals surface area contributed by atoms with Gasteiger partial charge in [0.25, 0.3) is 0 Å². The Morgan fingerprint density at radius 3 is 2.70 bits per heavy atom. The fourth-order valence-electron chi connectivity index (χ4n) is 2.04. The van der Waals surface area contributed by atoms with E-state index in [1.807, 2.05) is 18.2 Å². The number of ether oxygens (including phenoxy) is 1. The van der Waals surface area contributed by atoms with Gasteiger partial charge in [-0.05, 0) is 30.3 Å². The normalized spacial score (nSPS) is 9.87. The SMILES string of the molecule is COc1ccc(Br)cc1CN(C)C(=O)Cc1ccc(N)cn1.Cl. The van der Waals surface area contributed by atoms with Crippen LogP contribution in [-0.4, -0.2) is 29.9 Å². The molecule has 2 aromatic rings. The van der Waals surface area contributed by atoms with E-state index in [1.165, 1.54) is 0 Å². The minimum Gasteiger partial charge on any atom is -0.496 e. The Bertz CT molecular complexity index is 665. The van der Waals surface area contributed by atoms with Crippen molar-refractivity contribution in [3.63, 3.8) is 0 Å². The molecule has 0 bridgehead atoms. The van der Waals surface area contributed by atoms with Crippen molar-refractivity contribution in [2.45, 2.75) is 13.0 Å². The van der Waals surface area contributed by atoms with Crippen LogP contribution in [0.15, 0.2) is 41.0 Å². The summed E-state index contributed by atoms with van der Waals surface area (Å²) in [5.41, 5.74) is 7.82. The summed E-state index contributed by atoms with van der Waals surface area (Å²) in [5.74, 6) is 0.743. The van der Waals surface area contributed by atoms with Gasteiger partial charge in [0.1, 0.15) is 5.75 Å². The van der Waals surface area contributed by atoms with Crippen molar-refractivity contribution >= 4 is 39.9 Å². The lowest BCUT2D eigenvalue weighted by molar-refractivity contribution is -0.129. The highest BCUT2D eigenvalue weighted by Gasteiger charge is 2.13. The van der Waals surface area contributed by atoms with Gasteiger partial charge in [0.2, 0.25) is 5.91 Å². The Hall–Kier alpha value is -1.79. The van der Waals surface area contributed by atoms with Gasteiger partial charge in [-0.2, -0.15) is 0 Å². The molecule has 2 N–H and O–H groups in total. The Kier molecular flexibility index (Phi) is 7.32. The van der Waals surface area contributed by atoms with Gasteiger partial charge in [-0.3, -0.25) is 9.78 Å². The molecule has 1 aromatic heterocycles. The van der Waals surface area contributed by atoms with Crippen molar-refractivity contribution in [2.24, 2.45) is 0 Å². The summed E-state index contributed by atoms with van der Waals surface area (Å²) in [6, 6.07) is 9.24. The number of nitrogens with two attached hydrogens (primary N) is 1. The Morgan fingerprint density at radius 2 is 2.09 bits per heavy atom. The predicted molar refractivity (Wildman–Crippen MR) is 96.8 cm³/mol. The smallest absolute Gasteiger partial charge is 0.228 e. The molecule has 2 rings (SSSR count). The molecule has 124 valence electrons. The maximum Gasteiger partial charge on any atom is 0.228 e. The fourth-order valence-corrected chi connectivity index (χ4v) is 2.45. The predicted octanol–water partition coefficient (Wildman–Crippen LogP) is 3.06. The average molecular weight is 401 g/mol. The van der Waals surface area contributed by atoms with Gasteiger partial charge >= 0.3 is 0 Å². The molecule has 0 aliphatic heterocycles. The molecule has 1 amide bonds. The third-order valence-electron chi connectivity index (χ3n) is 3.26. The summed E-state index contributed by atoms with van der Waals surface area (Å²) in [4.78, 5) is 18.1. The third-order valence-corrected chi connectivity index (χ3v) is 3.75. The molecule has 0 aliphatic rings. The lowest BCUT2D eigenvalue weighted by Crippen LogP contribution is -2.28. The molecule has 0 saturated carbocycles. The number of anilines is 1. The Balaban J connectivity index is 0.00000264. The van der Waals surface area contributed by atoms with Gasteiger partial charge in [0.15, 0.2) is 0 Å². The van der Waals surface area contributed by atoms with Crippen molar-refractivity contribution in [3.8, 4) is 5.75 Å². The van der Waals surface area contributed by atoms with E-state index in [4.69, 9.17) is 10.5 Å². The number of pyridine rings is 1. The second-order valence-corrected chi connectivity index (χ2v) is 5.88. The van der Waals surface area contributed by atoms with Crippen LogP contribution in [0.1, 0.15) is 11.3 Å². The van der Waals surface area contributed by atoms with E-state index >= 15 is 0 Å². The summed E-state index contributed by atoms with van der Waals surface area (Å²) in [7, 11) is 3.38. The van der Waals surface area contributed by atoms with E-state index in [-0.39, 0.29) is 24.7 Å². The molecule has 1 heterocycles. The molecular formula is C16H19BrClN3O2. The van der Waals surface area contributed by atoms with E-state index in [1.54, 1.807) is 37.4 Å². The first-order valence-electron chi connectivity index (χ1n) is 6.76. The van der Waals surface area contributed by atoms with Gasteiger partial charge in [-0.15, -0.1) is 12.4 Å². The van der Waals surface area contributed by atoms with E-state index in [0.29, 0.717) is 17.9 Å². The Labute approximate surface area is 150 Å². The van der Waals surface area contributed by atoms with Crippen molar-refractivity contribution in [2.75, 3.05) is 19.9 Å². The van der Waals surface area contributed by atoms with Gasteiger partial charge in [-0.25, -0.2) is 0 Å². The zero-order chi connectivity index (χ0) is 16.1. The van der Waals surface area contributed by atoms with Gasteiger partial charge < -0.3 is 15.4 Å². The van der Waals surface area contributed by atoms with Gasteiger partial charge in [-0.1, -0.05) is 15.9 Å². The van der Waals surface area contributed by atoms with Crippen molar-refractivity contribution in [1.82, 2.24) is 9.88 Å². The quantitative estimate of drug-likeness (QED) is 0.837. The van der Waals surface area contributed by atoms with E-state index < -0.39 is 0 Å².